The highest BCUT2D eigenvalue weighted by Gasteiger charge is 2.16. The van der Waals surface area contributed by atoms with Crippen LogP contribution < -0.4 is 15.8 Å². The molecule has 9 heteroatoms. The summed E-state index contributed by atoms with van der Waals surface area (Å²) >= 11 is 1.35. The lowest BCUT2D eigenvalue weighted by Crippen LogP contribution is -2.19. The Bertz CT molecular complexity index is 964. The van der Waals surface area contributed by atoms with Gasteiger partial charge in [0, 0.05) is 22.7 Å². The molecule has 2 rings (SSSR count). The van der Waals surface area contributed by atoms with Gasteiger partial charge in [0.15, 0.2) is 0 Å². The summed E-state index contributed by atoms with van der Waals surface area (Å²) in [5.41, 5.74) is 1.12. The molecule has 0 aliphatic rings. The highest BCUT2D eigenvalue weighted by molar-refractivity contribution is 8.00. The Morgan fingerprint density at radius 1 is 0.897 bits per heavy atom. The summed E-state index contributed by atoms with van der Waals surface area (Å²) in [6.45, 7) is 6.02. The molecule has 0 spiro atoms. The quantitative estimate of drug-likeness (QED) is 0.576. The molecule has 0 aliphatic carbocycles. The lowest BCUT2D eigenvalue weighted by atomic mass is 9.92. The second kappa shape index (κ2) is 9.43. The number of nitrogens with two attached hydrogens (primary N) is 1. The van der Waals surface area contributed by atoms with Crippen molar-refractivity contribution in [3.63, 3.8) is 0 Å². The topological polar surface area (TPSA) is 118 Å². The van der Waals surface area contributed by atoms with Crippen LogP contribution in [-0.4, -0.2) is 26.0 Å². The van der Waals surface area contributed by atoms with Gasteiger partial charge in [-0.05, 0) is 53.9 Å². The molecule has 7 nitrogen and oxygen atoms in total. The average molecular weight is 436 g/mol. The zero-order valence-corrected chi connectivity index (χ0v) is 18.2. The number of hydrogen-bond donors (Lipinski definition) is 3. The number of benzene rings is 2. The van der Waals surface area contributed by atoms with E-state index in [1.807, 2.05) is 32.9 Å². The van der Waals surface area contributed by atoms with E-state index >= 15 is 0 Å². The molecule has 4 N–H and O–H groups in total. The Morgan fingerprint density at radius 3 is 1.86 bits per heavy atom. The summed E-state index contributed by atoms with van der Waals surface area (Å²) in [4.78, 5) is 24.9. The fourth-order valence-corrected chi connectivity index (χ4v) is 3.61. The van der Waals surface area contributed by atoms with Crippen LogP contribution in [0.1, 0.15) is 27.2 Å². The van der Waals surface area contributed by atoms with Crippen molar-refractivity contribution >= 4 is 45.0 Å². The Morgan fingerprint density at radius 2 is 1.38 bits per heavy atom. The van der Waals surface area contributed by atoms with Gasteiger partial charge in [-0.15, -0.1) is 11.8 Å². The van der Waals surface area contributed by atoms with Crippen LogP contribution in [0.4, 0.5) is 11.4 Å². The number of thioether (sulfide) groups is 1. The largest absolute Gasteiger partial charge is 0.326 e. The molecule has 156 valence electrons. The van der Waals surface area contributed by atoms with E-state index in [0.717, 1.165) is 4.90 Å². The van der Waals surface area contributed by atoms with Gasteiger partial charge in [-0.1, -0.05) is 20.8 Å². The van der Waals surface area contributed by atoms with Gasteiger partial charge in [-0.2, -0.15) is 0 Å². The molecule has 2 amide bonds. The predicted octanol–water partition coefficient (Wildman–Crippen LogP) is 3.44. The molecular weight excluding hydrogens is 410 g/mol. The summed E-state index contributed by atoms with van der Waals surface area (Å²) in [7, 11) is -3.76. The number of nitrogens with one attached hydrogen (secondary N) is 2. The third-order valence-electron chi connectivity index (χ3n) is 3.67. The molecule has 0 heterocycles. The van der Waals surface area contributed by atoms with Gasteiger partial charge in [-0.25, -0.2) is 13.6 Å². The third kappa shape index (κ3) is 8.26. The molecule has 2 aromatic carbocycles. The van der Waals surface area contributed by atoms with E-state index in [0.29, 0.717) is 17.8 Å². The first kappa shape index (κ1) is 22.9. The fourth-order valence-electron chi connectivity index (χ4n) is 2.40. The zero-order valence-electron chi connectivity index (χ0n) is 16.6. The third-order valence-corrected chi connectivity index (χ3v) is 5.61. The van der Waals surface area contributed by atoms with Gasteiger partial charge in [0.25, 0.3) is 0 Å². The first-order valence-corrected chi connectivity index (χ1v) is 11.4. The van der Waals surface area contributed by atoms with Crippen molar-refractivity contribution in [2.75, 3.05) is 16.4 Å². The van der Waals surface area contributed by atoms with Crippen LogP contribution >= 0.6 is 11.8 Å². The van der Waals surface area contributed by atoms with Crippen molar-refractivity contribution in [1.29, 1.82) is 0 Å². The van der Waals surface area contributed by atoms with E-state index in [1.54, 1.807) is 12.1 Å². The van der Waals surface area contributed by atoms with Crippen molar-refractivity contribution in [1.82, 2.24) is 0 Å². The molecule has 0 atom stereocenters. The number of amides is 2. The molecule has 0 unspecified atom stereocenters. The summed E-state index contributed by atoms with van der Waals surface area (Å²) in [6.07, 6.45) is 0.432. The Balaban J connectivity index is 1.83. The van der Waals surface area contributed by atoms with Crippen LogP contribution in [0.3, 0.4) is 0 Å². The minimum Gasteiger partial charge on any atom is -0.326 e. The van der Waals surface area contributed by atoms with E-state index in [4.69, 9.17) is 5.14 Å². The van der Waals surface area contributed by atoms with Gasteiger partial charge in [0.2, 0.25) is 21.8 Å². The maximum atomic E-state index is 12.1. The molecule has 0 aromatic heterocycles. The number of anilines is 2. The summed E-state index contributed by atoms with van der Waals surface area (Å²) in [5.74, 6) is -0.0706. The standard InChI is InChI=1S/C20H25N3O4S2/c1-20(2,3)12-18(24)22-14-4-8-16(9-5-14)28-13-19(25)23-15-6-10-17(11-7-15)29(21,26)27/h4-11H,12-13H2,1-3H3,(H,22,24)(H,23,25)(H2,21,26,27). The van der Waals surface area contributed by atoms with Crippen LogP contribution in [0, 0.1) is 5.41 Å². The smallest absolute Gasteiger partial charge is 0.238 e. The fraction of sp³-hybridized carbons (Fsp3) is 0.300. The normalized spacial score (nSPS) is 11.7. The maximum absolute atomic E-state index is 12.1. The molecule has 29 heavy (non-hydrogen) atoms. The van der Waals surface area contributed by atoms with E-state index in [2.05, 4.69) is 10.6 Å². The minimum absolute atomic E-state index is 0.0143. The average Bonchev–Trinajstić information content (AvgIpc) is 2.59. The van der Waals surface area contributed by atoms with Gasteiger partial charge in [-0.3, -0.25) is 9.59 Å². The van der Waals surface area contributed by atoms with Crippen LogP contribution in [0.15, 0.2) is 58.3 Å². The molecule has 0 saturated carbocycles. The van der Waals surface area contributed by atoms with E-state index in [1.165, 1.54) is 36.0 Å². The Hall–Kier alpha value is -2.36. The van der Waals surface area contributed by atoms with Crippen LogP contribution in [-0.2, 0) is 19.6 Å². The van der Waals surface area contributed by atoms with Crippen molar-refractivity contribution in [3.05, 3.63) is 48.5 Å². The number of sulfonamides is 1. The van der Waals surface area contributed by atoms with Gasteiger partial charge in [0.05, 0.1) is 10.6 Å². The van der Waals surface area contributed by atoms with E-state index in [-0.39, 0.29) is 27.9 Å². The number of carbonyl (C=O) groups is 2. The van der Waals surface area contributed by atoms with Gasteiger partial charge < -0.3 is 10.6 Å². The lowest BCUT2D eigenvalue weighted by Gasteiger charge is -2.17. The van der Waals surface area contributed by atoms with Crippen molar-refractivity contribution in [3.8, 4) is 0 Å². The highest BCUT2D eigenvalue weighted by atomic mass is 32.2. The maximum Gasteiger partial charge on any atom is 0.238 e. The monoisotopic (exact) mass is 435 g/mol. The minimum atomic E-state index is -3.76. The predicted molar refractivity (Wildman–Crippen MR) is 116 cm³/mol. The van der Waals surface area contributed by atoms with Crippen molar-refractivity contribution < 1.29 is 18.0 Å². The van der Waals surface area contributed by atoms with Gasteiger partial charge in [0.1, 0.15) is 0 Å². The summed E-state index contributed by atoms with van der Waals surface area (Å²) in [5, 5.41) is 10.6. The summed E-state index contributed by atoms with van der Waals surface area (Å²) < 4.78 is 22.5. The van der Waals surface area contributed by atoms with E-state index in [9.17, 15) is 18.0 Å². The first-order chi connectivity index (χ1) is 13.4. The molecule has 0 aliphatic heterocycles. The molecule has 2 aromatic rings. The SMILES string of the molecule is CC(C)(C)CC(=O)Nc1ccc(SCC(=O)Nc2ccc(S(N)(=O)=O)cc2)cc1. The molecular formula is C20H25N3O4S2. The second-order valence-corrected chi connectivity index (χ2v) is 10.3. The molecule has 0 fully saturated rings. The summed E-state index contributed by atoms with van der Waals surface area (Å²) in [6, 6.07) is 12.9. The second-order valence-electron chi connectivity index (χ2n) is 7.72. The first-order valence-electron chi connectivity index (χ1n) is 8.88. The Kier molecular flexibility index (Phi) is 7.45. The zero-order chi connectivity index (χ0) is 21.7. The Labute approximate surface area is 175 Å². The molecule has 0 saturated heterocycles. The van der Waals surface area contributed by atoms with Crippen LogP contribution in [0.2, 0.25) is 0 Å². The van der Waals surface area contributed by atoms with Crippen molar-refractivity contribution in [2.45, 2.75) is 37.0 Å². The van der Waals surface area contributed by atoms with Gasteiger partial charge >= 0.3 is 0 Å². The lowest BCUT2D eigenvalue weighted by molar-refractivity contribution is -0.118. The molecule has 0 bridgehead atoms. The van der Waals surface area contributed by atoms with Crippen LogP contribution in [0.5, 0.6) is 0 Å². The van der Waals surface area contributed by atoms with Crippen molar-refractivity contribution in [2.24, 2.45) is 10.6 Å². The van der Waals surface area contributed by atoms with E-state index < -0.39 is 10.0 Å². The number of carbonyl (C=O) groups excluding carboxylic acids is 2. The highest BCUT2D eigenvalue weighted by Crippen LogP contribution is 2.23. The number of rotatable bonds is 7. The molecule has 0 radical (unpaired) electrons. The number of hydrogen-bond acceptors (Lipinski definition) is 5. The number of primary sulfonamides is 1. The van der Waals surface area contributed by atoms with Crippen LogP contribution in [0.25, 0.3) is 0 Å².